The highest BCUT2D eigenvalue weighted by Gasteiger charge is 2.04. The molecule has 2 aromatic rings. The number of H-pyrrole nitrogens is 1. The number of benzene rings is 1. The Hall–Kier alpha value is -1.75. The predicted molar refractivity (Wildman–Crippen MR) is 71.2 cm³/mol. The highest BCUT2D eigenvalue weighted by atomic mass is 32.1. The highest BCUT2D eigenvalue weighted by Crippen LogP contribution is 2.21. The summed E-state index contributed by atoms with van der Waals surface area (Å²) in [7, 11) is 0. The molecule has 0 aliphatic heterocycles. The Balaban J connectivity index is 2.40. The van der Waals surface area contributed by atoms with Crippen LogP contribution in [0.4, 0.5) is 11.5 Å². The molecule has 0 saturated carbocycles. The van der Waals surface area contributed by atoms with E-state index in [2.05, 4.69) is 45.6 Å². The van der Waals surface area contributed by atoms with Crippen LogP contribution in [0, 0.1) is 25.5 Å². The van der Waals surface area contributed by atoms with Crippen molar-refractivity contribution in [1.29, 1.82) is 0 Å². The van der Waals surface area contributed by atoms with Gasteiger partial charge in [-0.2, -0.15) is 10.1 Å². The average Bonchev–Trinajstić information content (AvgIpc) is 2.28. The lowest BCUT2D eigenvalue weighted by Crippen LogP contribution is -2.02. The van der Waals surface area contributed by atoms with Crippen molar-refractivity contribution >= 4 is 23.7 Å². The van der Waals surface area contributed by atoms with Gasteiger partial charge in [-0.25, -0.2) is 0 Å². The number of nitrogens with zero attached hydrogens (tertiary/aromatic N) is 2. The Bertz CT molecular complexity index is 604. The molecule has 5 heteroatoms. The van der Waals surface area contributed by atoms with E-state index in [0.717, 1.165) is 16.9 Å². The Labute approximate surface area is 105 Å². The molecular weight excluding hydrogens is 232 g/mol. The van der Waals surface area contributed by atoms with Crippen LogP contribution < -0.4 is 5.32 Å². The molecule has 1 heterocycles. The van der Waals surface area contributed by atoms with E-state index in [4.69, 9.17) is 12.2 Å². The van der Waals surface area contributed by atoms with Gasteiger partial charge in [0.2, 0.25) is 4.77 Å². The molecule has 88 valence electrons. The Morgan fingerprint density at radius 3 is 2.76 bits per heavy atom. The average molecular weight is 246 g/mol. The normalized spacial score (nSPS) is 10.3. The second-order valence-electron chi connectivity index (χ2n) is 4.02. The van der Waals surface area contributed by atoms with Gasteiger partial charge in [0.1, 0.15) is 5.69 Å². The first kappa shape index (κ1) is 11.7. The Kier molecular flexibility index (Phi) is 3.19. The molecule has 2 N–H and O–H groups in total. The second-order valence-corrected chi connectivity index (χ2v) is 4.40. The lowest BCUT2D eigenvalue weighted by Gasteiger charge is -2.10. The summed E-state index contributed by atoms with van der Waals surface area (Å²) in [5, 5.41) is 10.0. The number of nitrogens with one attached hydrogen (secondary N) is 2. The third-order valence-electron chi connectivity index (χ3n) is 2.52. The van der Waals surface area contributed by atoms with Crippen LogP contribution in [0.1, 0.15) is 16.8 Å². The van der Waals surface area contributed by atoms with Gasteiger partial charge in [0, 0.05) is 5.69 Å². The molecule has 0 amide bonds. The van der Waals surface area contributed by atoms with Crippen LogP contribution in [0.25, 0.3) is 0 Å². The fraction of sp³-hybridized carbons (Fsp3) is 0.250. The maximum Gasteiger partial charge on any atom is 0.215 e. The van der Waals surface area contributed by atoms with Crippen molar-refractivity contribution in [3.63, 3.8) is 0 Å². The number of anilines is 2. The van der Waals surface area contributed by atoms with E-state index in [1.165, 1.54) is 5.56 Å². The minimum absolute atomic E-state index is 0.378. The van der Waals surface area contributed by atoms with Crippen LogP contribution >= 0.6 is 12.2 Å². The summed E-state index contributed by atoms with van der Waals surface area (Å²) in [4.78, 5) is 4.22. The first-order chi connectivity index (χ1) is 8.06. The first-order valence-electron chi connectivity index (χ1n) is 5.34. The van der Waals surface area contributed by atoms with E-state index >= 15 is 0 Å². The van der Waals surface area contributed by atoms with Crippen molar-refractivity contribution in [2.45, 2.75) is 20.8 Å². The van der Waals surface area contributed by atoms with Crippen molar-refractivity contribution in [3.8, 4) is 0 Å². The summed E-state index contributed by atoms with van der Waals surface area (Å²) < 4.78 is 0.378. The molecule has 1 aromatic heterocycles. The van der Waals surface area contributed by atoms with Crippen LogP contribution in [-0.2, 0) is 0 Å². The van der Waals surface area contributed by atoms with Crippen LogP contribution in [0.2, 0.25) is 0 Å². The fourth-order valence-electron chi connectivity index (χ4n) is 1.51. The highest BCUT2D eigenvalue weighted by molar-refractivity contribution is 7.71. The van der Waals surface area contributed by atoms with Crippen LogP contribution in [0.3, 0.4) is 0 Å². The summed E-state index contributed by atoms with van der Waals surface area (Å²) in [6.07, 6.45) is 0. The van der Waals surface area contributed by atoms with Gasteiger partial charge in [0.25, 0.3) is 0 Å². The van der Waals surface area contributed by atoms with Gasteiger partial charge >= 0.3 is 0 Å². The van der Waals surface area contributed by atoms with Gasteiger partial charge < -0.3 is 5.32 Å². The molecule has 0 saturated heterocycles. The predicted octanol–water partition coefficient (Wildman–Crippen LogP) is 3.20. The van der Waals surface area contributed by atoms with E-state index in [9.17, 15) is 0 Å². The zero-order valence-electron chi connectivity index (χ0n) is 10.0. The zero-order chi connectivity index (χ0) is 12.4. The molecule has 0 atom stereocenters. The van der Waals surface area contributed by atoms with E-state index in [1.54, 1.807) is 0 Å². The third-order valence-corrected chi connectivity index (χ3v) is 2.70. The van der Waals surface area contributed by atoms with Crippen LogP contribution in [0.5, 0.6) is 0 Å². The summed E-state index contributed by atoms with van der Waals surface area (Å²) >= 11 is 4.96. The summed E-state index contributed by atoms with van der Waals surface area (Å²) in [6.45, 7) is 5.99. The minimum atomic E-state index is 0.378. The molecular formula is C12H14N4S. The second kappa shape index (κ2) is 4.63. The lowest BCUT2D eigenvalue weighted by atomic mass is 10.1. The largest absolute Gasteiger partial charge is 0.338 e. The molecule has 1 aromatic carbocycles. The monoisotopic (exact) mass is 246 g/mol. The number of aryl methyl sites for hydroxylation is 3. The van der Waals surface area contributed by atoms with Gasteiger partial charge in [0.05, 0.1) is 0 Å². The van der Waals surface area contributed by atoms with Crippen molar-refractivity contribution in [2.24, 2.45) is 0 Å². The van der Waals surface area contributed by atoms with E-state index in [0.29, 0.717) is 10.6 Å². The third kappa shape index (κ3) is 2.68. The maximum absolute atomic E-state index is 4.96. The van der Waals surface area contributed by atoms with Crippen LogP contribution in [0.15, 0.2) is 18.2 Å². The van der Waals surface area contributed by atoms with Gasteiger partial charge in [-0.3, -0.25) is 5.10 Å². The van der Waals surface area contributed by atoms with E-state index in [1.807, 2.05) is 13.8 Å². The molecule has 0 bridgehead atoms. The van der Waals surface area contributed by atoms with E-state index < -0.39 is 0 Å². The maximum atomic E-state index is 4.96. The number of hydrogen-bond acceptors (Lipinski definition) is 4. The molecule has 0 unspecified atom stereocenters. The summed E-state index contributed by atoms with van der Waals surface area (Å²) in [6, 6.07) is 6.23. The lowest BCUT2D eigenvalue weighted by molar-refractivity contribution is 0.913. The molecule has 0 aliphatic rings. The first-order valence-corrected chi connectivity index (χ1v) is 5.74. The smallest absolute Gasteiger partial charge is 0.215 e. The number of hydrogen-bond donors (Lipinski definition) is 2. The molecule has 0 fully saturated rings. The van der Waals surface area contributed by atoms with Crippen LogP contribution in [-0.4, -0.2) is 15.2 Å². The van der Waals surface area contributed by atoms with Gasteiger partial charge in [0.15, 0.2) is 5.82 Å². The number of aromatic amines is 1. The number of rotatable bonds is 2. The molecule has 2 rings (SSSR count). The molecule has 0 radical (unpaired) electrons. The topological polar surface area (TPSA) is 53.6 Å². The Morgan fingerprint density at radius 2 is 2.00 bits per heavy atom. The molecule has 17 heavy (non-hydrogen) atoms. The number of aromatic nitrogens is 3. The van der Waals surface area contributed by atoms with Crippen molar-refractivity contribution in [2.75, 3.05) is 5.32 Å². The van der Waals surface area contributed by atoms with Gasteiger partial charge in [-0.1, -0.05) is 12.1 Å². The van der Waals surface area contributed by atoms with Gasteiger partial charge in [-0.15, -0.1) is 0 Å². The summed E-state index contributed by atoms with van der Waals surface area (Å²) in [5.74, 6) is 0.697. The van der Waals surface area contributed by atoms with Crippen molar-refractivity contribution in [3.05, 3.63) is 39.8 Å². The quantitative estimate of drug-likeness (QED) is 0.799. The van der Waals surface area contributed by atoms with Gasteiger partial charge in [-0.05, 0) is 50.2 Å². The van der Waals surface area contributed by atoms with Crippen molar-refractivity contribution < 1.29 is 0 Å². The SMILES string of the molecule is Cc1ccc(C)c(Nc2nc(=S)[nH]nc2C)c1. The zero-order valence-corrected chi connectivity index (χ0v) is 10.9. The van der Waals surface area contributed by atoms with Crippen molar-refractivity contribution in [1.82, 2.24) is 15.2 Å². The summed E-state index contributed by atoms with van der Waals surface area (Å²) in [5.41, 5.74) is 4.18. The molecule has 0 aliphatic carbocycles. The molecule has 0 spiro atoms. The Morgan fingerprint density at radius 1 is 1.24 bits per heavy atom. The molecule has 4 nitrogen and oxygen atoms in total. The standard InChI is InChI=1S/C12H14N4S/c1-7-4-5-8(2)10(6-7)13-11-9(3)15-16-12(17)14-11/h4-6H,1-3H3,(H2,13,14,16,17). The minimum Gasteiger partial charge on any atom is -0.338 e. The van der Waals surface area contributed by atoms with E-state index in [-0.39, 0.29) is 0 Å². The fourth-order valence-corrected chi connectivity index (χ4v) is 1.65.